The summed E-state index contributed by atoms with van der Waals surface area (Å²) < 4.78 is 6.28. The van der Waals surface area contributed by atoms with Crippen molar-refractivity contribution in [1.29, 1.82) is 0 Å². The Labute approximate surface area is 190 Å². The summed E-state index contributed by atoms with van der Waals surface area (Å²) in [4.78, 5) is 4.80. The van der Waals surface area contributed by atoms with Gasteiger partial charge in [0.2, 0.25) is 0 Å². The van der Waals surface area contributed by atoms with Gasteiger partial charge in [0.15, 0.2) is 5.11 Å². The van der Waals surface area contributed by atoms with Crippen molar-refractivity contribution < 1.29 is 4.74 Å². The minimum Gasteiger partial charge on any atom is -0.492 e. The first-order chi connectivity index (χ1) is 14.8. The van der Waals surface area contributed by atoms with E-state index < -0.39 is 0 Å². The van der Waals surface area contributed by atoms with Crippen LogP contribution in [0.4, 0.5) is 0 Å². The van der Waals surface area contributed by atoms with E-state index >= 15 is 0 Å². The highest BCUT2D eigenvalue weighted by Crippen LogP contribution is 2.41. The van der Waals surface area contributed by atoms with E-state index in [1.165, 1.54) is 24.0 Å². The lowest BCUT2D eigenvalue weighted by Crippen LogP contribution is -2.37. The van der Waals surface area contributed by atoms with E-state index in [1.807, 2.05) is 18.8 Å². The van der Waals surface area contributed by atoms with E-state index in [9.17, 15) is 0 Å². The van der Waals surface area contributed by atoms with Crippen LogP contribution < -0.4 is 10.1 Å². The van der Waals surface area contributed by atoms with Crippen molar-refractivity contribution in [3.05, 3.63) is 65.7 Å². The van der Waals surface area contributed by atoms with Crippen LogP contribution in [0.25, 0.3) is 0 Å². The number of rotatable bonds is 6. The molecule has 2 aliphatic heterocycles. The third-order valence-corrected chi connectivity index (χ3v) is 7.76. The van der Waals surface area contributed by atoms with E-state index in [-0.39, 0.29) is 5.37 Å². The highest BCUT2D eigenvalue weighted by atomic mass is 32.2. The van der Waals surface area contributed by atoms with Crippen LogP contribution >= 0.6 is 24.0 Å². The fraction of sp³-hybridized carbons (Fsp3) is 0.458. The van der Waals surface area contributed by atoms with Crippen LogP contribution in [0.15, 0.2) is 54.6 Å². The van der Waals surface area contributed by atoms with Gasteiger partial charge in [-0.2, -0.15) is 0 Å². The first-order valence-electron chi connectivity index (χ1n) is 10.8. The summed E-state index contributed by atoms with van der Waals surface area (Å²) in [5.74, 6) is 2.77. The number of thioether (sulfide) groups is 1. The van der Waals surface area contributed by atoms with Gasteiger partial charge in [-0.15, -0.1) is 11.8 Å². The molecule has 2 heterocycles. The summed E-state index contributed by atoms with van der Waals surface area (Å²) in [6.45, 7) is 4.97. The van der Waals surface area contributed by atoms with Crippen molar-refractivity contribution in [1.82, 2.24) is 15.1 Å². The smallest absolute Gasteiger partial charge is 0.169 e. The van der Waals surface area contributed by atoms with Gasteiger partial charge in [-0.3, -0.25) is 4.90 Å². The van der Waals surface area contributed by atoms with Gasteiger partial charge in [0.1, 0.15) is 17.7 Å². The number of nitrogens with zero attached hydrogens (tertiary/aromatic N) is 2. The van der Waals surface area contributed by atoms with Crippen LogP contribution in [0.2, 0.25) is 0 Å². The fourth-order valence-corrected chi connectivity index (χ4v) is 5.95. The second-order valence-corrected chi connectivity index (χ2v) is 9.46. The van der Waals surface area contributed by atoms with Crippen LogP contribution in [0.3, 0.4) is 0 Å². The third-order valence-electron chi connectivity index (χ3n) is 6.07. The first kappa shape index (κ1) is 21.5. The Bertz CT molecular complexity index is 824. The average molecular weight is 442 g/mol. The van der Waals surface area contributed by atoms with Gasteiger partial charge in [-0.1, -0.05) is 48.5 Å². The monoisotopic (exact) mass is 441 g/mol. The maximum atomic E-state index is 6.28. The molecule has 2 aliphatic rings. The third kappa shape index (κ3) is 5.10. The molecule has 2 saturated heterocycles. The predicted molar refractivity (Wildman–Crippen MR) is 130 cm³/mol. The zero-order chi connectivity index (χ0) is 20.8. The molecule has 0 saturated carbocycles. The van der Waals surface area contributed by atoms with Crippen LogP contribution in [0.1, 0.15) is 35.3 Å². The Morgan fingerprint density at radius 1 is 1.07 bits per heavy atom. The Morgan fingerprint density at radius 3 is 2.57 bits per heavy atom. The fourth-order valence-electron chi connectivity index (χ4n) is 4.40. The second-order valence-electron chi connectivity index (χ2n) is 7.88. The Balaban J connectivity index is 1.30. The lowest BCUT2D eigenvalue weighted by molar-refractivity contribution is 0.172. The summed E-state index contributed by atoms with van der Waals surface area (Å²) in [5, 5.41) is 4.16. The van der Waals surface area contributed by atoms with E-state index in [1.54, 1.807) is 0 Å². The quantitative estimate of drug-likeness (QED) is 0.664. The number of piperidine rings is 1. The highest BCUT2D eigenvalue weighted by Gasteiger charge is 2.30. The van der Waals surface area contributed by atoms with Gasteiger partial charge in [-0.25, -0.2) is 0 Å². The molecule has 0 spiro atoms. The summed E-state index contributed by atoms with van der Waals surface area (Å²) in [6.07, 6.45) is 2.46. The summed E-state index contributed by atoms with van der Waals surface area (Å²) in [6, 6.07) is 19.4. The minimum absolute atomic E-state index is 0.225. The molecule has 2 aromatic rings. The van der Waals surface area contributed by atoms with E-state index in [0.717, 1.165) is 49.4 Å². The molecular weight excluding hydrogens is 410 g/mol. The molecule has 0 bridgehead atoms. The lowest BCUT2D eigenvalue weighted by Gasteiger charge is -2.32. The normalized spacial score (nSPS) is 20.3. The Hall–Kier alpha value is -1.76. The topological polar surface area (TPSA) is 27.7 Å². The number of hydrogen-bond donors (Lipinski definition) is 1. The van der Waals surface area contributed by atoms with Gasteiger partial charge >= 0.3 is 0 Å². The van der Waals surface area contributed by atoms with Gasteiger partial charge in [0.25, 0.3) is 0 Å². The van der Waals surface area contributed by atoms with Crippen LogP contribution in [-0.4, -0.2) is 60.5 Å². The molecule has 1 atom stereocenters. The molecule has 0 radical (unpaired) electrons. The summed E-state index contributed by atoms with van der Waals surface area (Å²) in [5.41, 5.74) is 2.71. The summed E-state index contributed by atoms with van der Waals surface area (Å²) in [7, 11) is 1.89. The van der Waals surface area contributed by atoms with E-state index in [4.69, 9.17) is 17.0 Å². The maximum Gasteiger partial charge on any atom is 0.169 e. The molecule has 160 valence electrons. The predicted octanol–water partition coefficient (Wildman–Crippen LogP) is 4.50. The number of para-hydroxylation sites is 1. The molecule has 0 aliphatic carbocycles. The molecule has 0 amide bonds. The zero-order valence-electron chi connectivity index (χ0n) is 17.6. The van der Waals surface area contributed by atoms with Gasteiger partial charge < -0.3 is 15.0 Å². The van der Waals surface area contributed by atoms with Crippen molar-refractivity contribution in [2.75, 3.05) is 45.6 Å². The number of nitrogens with one attached hydrogen (secondary N) is 1. The maximum absolute atomic E-state index is 6.28. The van der Waals surface area contributed by atoms with Crippen LogP contribution in [0.5, 0.6) is 5.75 Å². The number of likely N-dealkylation sites (tertiary alicyclic amines) is 1. The van der Waals surface area contributed by atoms with Crippen molar-refractivity contribution in [3.63, 3.8) is 0 Å². The van der Waals surface area contributed by atoms with Crippen molar-refractivity contribution in [2.24, 2.45) is 0 Å². The van der Waals surface area contributed by atoms with E-state index in [0.29, 0.717) is 5.92 Å². The number of ether oxygens (including phenoxy) is 1. The average Bonchev–Trinajstić information content (AvgIpc) is 3.30. The molecular formula is C24H31N3OS2. The Kier molecular flexibility index (Phi) is 7.52. The molecule has 6 heteroatoms. The largest absolute Gasteiger partial charge is 0.492 e. The molecule has 2 aromatic carbocycles. The van der Waals surface area contributed by atoms with Gasteiger partial charge in [0, 0.05) is 31.5 Å². The zero-order valence-corrected chi connectivity index (χ0v) is 19.3. The highest BCUT2D eigenvalue weighted by molar-refractivity contribution is 7.99. The second kappa shape index (κ2) is 10.5. The van der Waals surface area contributed by atoms with Crippen molar-refractivity contribution >= 4 is 29.1 Å². The Morgan fingerprint density at radius 2 is 1.80 bits per heavy atom. The van der Waals surface area contributed by atoms with Crippen molar-refractivity contribution in [3.8, 4) is 5.75 Å². The number of thiocarbonyl (C=S) groups is 1. The molecule has 30 heavy (non-hydrogen) atoms. The summed E-state index contributed by atoms with van der Waals surface area (Å²) >= 11 is 7.44. The number of benzene rings is 2. The van der Waals surface area contributed by atoms with Crippen LogP contribution in [-0.2, 0) is 0 Å². The molecule has 4 nitrogen and oxygen atoms in total. The molecule has 2 fully saturated rings. The lowest BCUT2D eigenvalue weighted by atomic mass is 9.89. The molecule has 1 N–H and O–H groups in total. The van der Waals surface area contributed by atoms with E-state index in [2.05, 4.69) is 69.7 Å². The molecule has 4 rings (SSSR count). The first-order valence-corrected chi connectivity index (χ1v) is 12.3. The standard InChI is InChI=1S/C24H31N3OS2/c1-25-24(29)27-16-18-30-23(27)21-9-5-6-10-22(21)28-17-15-26-13-11-20(12-14-26)19-7-3-2-4-8-19/h2-10,20,23H,11-18H2,1H3,(H,25,29). The van der Waals surface area contributed by atoms with Crippen molar-refractivity contribution in [2.45, 2.75) is 24.1 Å². The SMILES string of the molecule is CNC(=S)N1CCSC1c1ccccc1OCCN1CCC(c2ccccc2)CC1. The minimum atomic E-state index is 0.225. The molecule has 0 aromatic heterocycles. The van der Waals surface area contributed by atoms with Crippen LogP contribution in [0, 0.1) is 0 Å². The molecule has 1 unspecified atom stereocenters. The van der Waals surface area contributed by atoms with Gasteiger partial charge in [0.05, 0.1) is 0 Å². The van der Waals surface area contributed by atoms with Gasteiger partial charge in [-0.05, 0) is 55.7 Å². The number of hydrogen-bond acceptors (Lipinski definition) is 4.